The Bertz CT molecular complexity index is 329. The molecule has 0 fully saturated rings. The van der Waals surface area contributed by atoms with Gasteiger partial charge in [-0.15, -0.1) is 0 Å². The van der Waals surface area contributed by atoms with E-state index in [0.717, 1.165) is 24.6 Å². The minimum absolute atomic E-state index is 0.116. The van der Waals surface area contributed by atoms with E-state index in [2.05, 4.69) is 41.0 Å². The Morgan fingerprint density at radius 3 is 2.93 bits per heavy atom. The summed E-state index contributed by atoms with van der Waals surface area (Å²) in [5, 5.41) is 3.30. The second kappa shape index (κ2) is 3.12. The average molecular weight is 192 g/mol. The fourth-order valence-electron chi connectivity index (χ4n) is 1.72. The molecule has 0 amide bonds. The highest BCUT2D eigenvalue weighted by Crippen LogP contribution is 2.30. The number of aromatic nitrogens is 2. The molecule has 14 heavy (non-hydrogen) atoms. The van der Waals surface area contributed by atoms with Crippen LogP contribution in [-0.4, -0.2) is 28.6 Å². The Kier molecular flexibility index (Phi) is 2.06. The summed E-state index contributed by atoms with van der Waals surface area (Å²) in [7, 11) is 0. The number of nitrogens with one attached hydrogen (secondary N) is 1. The lowest BCUT2D eigenvalue weighted by Gasteiger charge is -2.40. The van der Waals surface area contributed by atoms with Crippen LogP contribution in [0.1, 0.15) is 20.8 Å². The molecule has 0 saturated heterocycles. The zero-order valence-electron chi connectivity index (χ0n) is 8.91. The summed E-state index contributed by atoms with van der Waals surface area (Å²) >= 11 is 0. The van der Waals surface area contributed by atoms with Crippen LogP contribution in [0.2, 0.25) is 0 Å². The third-order valence-electron chi connectivity index (χ3n) is 2.41. The van der Waals surface area contributed by atoms with E-state index in [9.17, 15) is 0 Å². The van der Waals surface area contributed by atoms with Crippen LogP contribution in [0.3, 0.4) is 0 Å². The molecular formula is C10H16N4. The van der Waals surface area contributed by atoms with Crippen molar-refractivity contribution >= 4 is 11.5 Å². The average Bonchev–Trinajstić information content (AvgIpc) is 2.15. The fraction of sp³-hybridized carbons (Fsp3) is 0.600. The Balaban J connectivity index is 2.41. The van der Waals surface area contributed by atoms with E-state index >= 15 is 0 Å². The molecule has 2 heterocycles. The summed E-state index contributed by atoms with van der Waals surface area (Å²) in [6.07, 6.45) is 3.44. The van der Waals surface area contributed by atoms with Crippen LogP contribution >= 0.6 is 0 Å². The van der Waals surface area contributed by atoms with E-state index in [1.165, 1.54) is 0 Å². The molecule has 4 heteroatoms. The van der Waals surface area contributed by atoms with Gasteiger partial charge in [0.05, 0.1) is 11.9 Å². The lowest BCUT2D eigenvalue weighted by atomic mass is 10.0. The Morgan fingerprint density at radius 1 is 1.43 bits per heavy atom. The van der Waals surface area contributed by atoms with Gasteiger partial charge in [-0.2, -0.15) is 0 Å². The topological polar surface area (TPSA) is 41.0 Å². The number of rotatable bonds is 0. The molecule has 1 aliphatic rings. The third kappa shape index (κ3) is 1.52. The van der Waals surface area contributed by atoms with Gasteiger partial charge in [-0.3, -0.25) is 0 Å². The third-order valence-corrected chi connectivity index (χ3v) is 2.41. The van der Waals surface area contributed by atoms with Gasteiger partial charge in [0.2, 0.25) is 0 Å². The zero-order chi connectivity index (χ0) is 10.2. The van der Waals surface area contributed by atoms with E-state index in [1.807, 2.05) is 6.20 Å². The molecule has 0 aliphatic carbocycles. The molecule has 1 aliphatic heterocycles. The van der Waals surface area contributed by atoms with Crippen LogP contribution in [0.25, 0.3) is 0 Å². The van der Waals surface area contributed by atoms with Gasteiger partial charge in [-0.25, -0.2) is 9.97 Å². The van der Waals surface area contributed by atoms with Crippen molar-refractivity contribution in [1.29, 1.82) is 0 Å². The molecule has 0 aromatic carbocycles. The summed E-state index contributed by atoms with van der Waals surface area (Å²) < 4.78 is 0. The van der Waals surface area contributed by atoms with Crippen LogP contribution < -0.4 is 10.2 Å². The number of hydrogen-bond donors (Lipinski definition) is 1. The van der Waals surface area contributed by atoms with Gasteiger partial charge in [0.25, 0.3) is 0 Å². The molecule has 0 unspecified atom stereocenters. The first kappa shape index (κ1) is 9.24. The van der Waals surface area contributed by atoms with Crippen molar-refractivity contribution in [2.24, 2.45) is 0 Å². The maximum Gasteiger partial charge on any atom is 0.155 e. The number of nitrogens with zero attached hydrogens (tertiary/aromatic N) is 3. The number of fused-ring (bicyclic) bond motifs is 1. The summed E-state index contributed by atoms with van der Waals surface area (Å²) in [6.45, 7) is 8.55. The van der Waals surface area contributed by atoms with E-state index in [4.69, 9.17) is 0 Å². The molecule has 1 aromatic rings. The lowest BCUT2D eigenvalue weighted by molar-refractivity contribution is 0.499. The van der Waals surface area contributed by atoms with Crippen molar-refractivity contribution in [3.05, 3.63) is 12.5 Å². The highest BCUT2D eigenvalue weighted by Gasteiger charge is 2.27. The smallest absolute Gasteiger partial charge is 0.155 e. The van der Waals surface area contributed by atoms with Crippen molar-refractivity contribution in [2.45, 2.75) is 26.3 Å². The van der Waals surface area contributed by atoms with E-state index < -0.39 is 0 Å². The zero-order valence-corrected chi connectivity index (χ0v) is 8.91. The molecule has 0 spiro atoms. The summed E-state index contributed by atoms with van der Waals surface area (Å²) in [5.41, 5.74) is 1.15. The predicted octanol–water partition coefficient (Wildman–Crippen LogP) is 1.51. The van der Waals surface area contributed by atoms with Gasteiger partial charge in [-0.05, 0) is 20.8 Å². The molecule has 0 radical (unpaired) electrons. The largest absolute Gasteiger partial charge is 0.379 e. The summed E-state index contributed by atoms with van der Waals surface area (Å²) in [6, 6.07) is 0. The van der Waals surface area contributed by atoms with Crippen LogP contribution in [0, 0.1) is 0 Å². The van der Waals surface area contributed by atoms with Crippen molar-refractivity contribution < 1.29 is 0 Å². The highest BCUT2D eigenvalue weighted by atomic mass is 15.3. The lowest BCUT2D eigenvalue weighted by Crippen LogP contribution is -2.47. The molecule has 1 aromatic heterocycles. The molecule has 2 rings (SSSR count). The molecule has 0 saturated carbocycles. The van der Waals surface area contributed by atoms with Crippen LogP contribution in [0.4, 0.5) is 11.5 Å². The predicted molar refractivity (Wildman–Crippen MR) is 57.6 cm³/mol. The van der Waals surface area contributed by atoms with Crippen molar-refractivity contribution in [3.63, 3.8) is 0 Å². The summed E-state index contributed by atoms with van der Waals surface area (Å²) in [5.74, 6) is 1.01. The van der Waals surface area contributed by atoms with Crippen LogP contribution in [0.5, 0.6) is 0 Å². The minimum atomic E-state index is 0.116. The van der Waals surface area contributed by atoms with Gasteiger partial charge in [0.1, 0.15) is 6.33 Å². The van der Waals surface area contributed by atoms with Crippen LogP contribution in [-0.2, 0) is 0 Å². The first-order valence-corrected chi connectivity index (χ1v) is 4.90. The SMILES string of the molecule is CC(C)(C)N1CCNc2cncnc21. The Hall–Kier alpha value is -1.32. The van der Waals surface area contributed by atoms with Gasteiger partial charge in [0.15, 0.2) is 5.82 Å². The molecule has 4 nitrogen and oxygen atoms in total. The quantitative estimate of drug-likeness (QED) is 0.676. The molecule has 0 bridgehead atoms. The first-order valence-electron chi connectivity index (χ1n) is 4.90. The van der Waals surface area contributed by atoms with E-state index in [0.29, 0.717) is 0 Å². The molecule has 76 valence electrons. The van der Waals surface area contributed by atoms with Gasteiger partial charge >= 0.3 is 0 Å². The maximum absolute atomic E-state index is 4.32. The van der Waals surface area contributed by atoms with Crippen LogP contribution in [0.15, 0.2) is 12.5 Å². The molecular weight excluding hydrogens is 176 g/mol. The van der Waals surface area contributed by atoms with Crippen molar-refractivity contribution in [2.75, 3.05) is 23.3 Å². The Labute approximate surface area is 84.4 Å². The fourth-order valence-corrected chi connectivity index (χ4v) is 1.72. The monoisotopic (exact) mass is 192 g/mol. The second-order valence-electron chi connectivity index (χ2n) is 4.51. The normalized spacial score (nSPS) is 16.1. The van der Waals surface area contributed by atoms with Crippen molar-refractivity contribution in [1.82, 2.24) is 9.97 Å². The highest BCUT2D eigenvalue weighted by molar-refractivity contribution is 5.67. The molecule has 0 atom stereocenters. The first-order chi connectivity index (χ1) is 6.59. The summed E-state index contributed by atoms with van der Waals surface area (Å²) in [4.78, 5) is 10.6. The molecule has 1 N–H and O–H groups in total. The second-order valence-corrected chi connectivity index (χ2v) is 4.51. The minimum Gasteiger partial charge on any atom is -0.379 e. The van der Waals surface area contributed by atoms with E-state index in [-0.39, 0.29) is 5.54 Å². The van der Waals surface area contributed by atoms with Gasteiger partial charge in [-0.1, -0.05) is 0 Å². The standard InChI is InChI=1S/C10H16N4/c1-10(2,3)14-5-4-12-8-6-11-7-13-9(8)14/h6-7,12H,4-5H2,1-3H3. The van der Waals surface area contributed by atoms with Gasteiger partial charge < -0.3 is 10.2 Å². The van der Waals surface area contributed by atoms with Gasteiger partial charge in [0, 0.05) is 18.6 Å². The maximum atomic E-state index is 4.32. The number of anilines is 2. The Morgan fingerprint density at radius 2 is 2.21 bits per heavy atom. The van der Waals surface area contributed by atoms with E-state index in [1.54, 1.807) is 6.33 Å². The van der Waals surface area contributed by atoms with Crippen molar-refractivity contribution in [3.8, 4) is 0 Å². The number of hydrogen-bond acceptors (Lipinski definition) is 4.